The lowest BCUT2D eigenvalue weighted by Gasteiger charge is -2.29. The Morgan fingerprint density at radius 3 is 2.03 bits per heavy atom. The number of aliphatic carboxylic acids is 1. The second kappa shape index (κ2) is 14.0. The van der Waals surface area contributed by atoms with Gasteiger partial charge in [0.2, 0.25) is 0 Å². The van der Waals surface area contributed by atoms with Crippen LogP contribution in [0.5, 0.6) is 5.75 Å². The third-order valence-corrected chi connectivity index (χ3v) is 5.75. The summed E-state index contributed by atoms with van der Waals surface area (Å²) in [7, 11) is 1.11. The van der Waals surface area contributed by atoms with E-state index in [1.54, 1.807) is 0 Å². The van der Waals surface area contributed by atoms with Crippen molar-refractivity contribution in [1.82, 2.24) is 0 Å². The number of alkyl halides is 3. The average Bonchev–Trinajstić information content (AvgIpc) is 2.66. The minimum atomic E-state index is -4.36. The van der Waals surface area contributed by atoms with Crippen LogP contribution in [-0.2, 0) is 24.6 Å². The molecule has 0 aliphatic rings. The topological polar surface area (TPSA) is 102 Å². The molecule has 2 atom stereocenters. The maximum absolute atomic E-state index is 12.5. The molecule has 196 valence electrons. The first-order chi connectivity index (χ1) is 15.7. The molecule has 1 rings (SSSR count). The molecule has 0 saturated heterocycles. The number of carboxylic acids is 1. The Balaban J connectivity index is 2.15. The van der Waals surface area contributed by atoms with Gasteiger partial charge in [0.15, 0.2) is 0 Å². The van der Waals surface area contributed by atoms with Crippen molar-refractivity contribution in [2.24, 2.45) is 0 Å². The van der Waals surface area contributed by atoms with E-state index in [-0.39, 0.29) is 13.2 Å². The lowest BCUT2D eigenvalue weighted by Crippen LogP contribution is -2.42. The van der Waals surface area contributed by atoms with Crippen molar-refractivity contribution in [3.05, 3.63) is 29.8 Å². The molecule has 8 nitrogen and oxygen atoms in total. The predicted octanol–water partition coefficient (Wildman–Crippen LogP) is 5.11. The second-order valence-electron chi connectivity index (χ2n) is 9.09. The average molecular weight is 514 g/mol. The normalized spacial score (nSPS) is 15.0. The first-order valence-electron chi connectivity index (χ1n) is 11.2. The van der Waals surface area contributed by atoms with Gasteiger partial charge in [-0.15, -0.1) is 0 Å². The fraction of sp³-hybridized carbons (Fsp3) is 0.682. The number of halogens is 3. The first-order valence-corrected chi connectivity index (χ1v) is 12.7. The molecule has 34 heavy (non-hydrogen) atoms. The number of likely N-dealkylation sites (N-methyl/N-ethyl adjacent to an activating group) is 1. The van der Waals surface area contributed by atoms with Crippen LogP contribution in [0.15, 0.2) is 24.3 Å². The fourth-order valence-electron chi connectivity index (χ4n) is 3.18. The molecule has 2 N–H and O–H groups in total. The summed E-state index contributed by atoms with van der Waals surface area (Å²) in [5.41, 5.74) is -0.711. The van der Waals surface area contributed by atoms with E-state index in [9.17, 15) is 27.4 Å². The fourth-order valence-corrected chi connectivity index (χ4v) is 4.12. The summed E-state index contributed by atoms with van der Waals surface area (Å²) >= 11 is 0. The van der Waals surface area contributed by atoms with Crippen LogP contribution in [0.1, 0.15) is 50.5 Å². The molecule has 0 spiro atoms. The monoisotopic (exact) mass is 514 g/mol. The van der Waals surface area contributed by atoms with Crippen molar-refractivity contribution in [2.45, 2.75) is 57.2 Å². The van der Waals surface area contributed by atoms with E-state index in [1.165, 1.54) is 12.1 Å². The highest BCUT2D eigenvalue weighted by Crippen LogP contribution is 2.45. The van der Waals surface area contributed by atoms with Crippen LogP contribution < -0.4 is 4.74 Å². The summed E-state index contributed by atoms with van der Waals surface area (Å²) in [6.45, 7) is 0.669. The highest BCUT2D eigenvalue weighted by molar-refractivity contribution is 7.47. The van der Waals surface area contributed by atoms with Gasteiger partial charge in [0.05, 0.1) is 46.3 Å². The highest BCUT2D eigenvalue weighted by Gasteiger charge is 2.32. The number of quaternary nitrogens is 1. The van der Waals surface area contributed by atoms with Gasteiger partial charge in [-0.3, -0.25) is 13.8 Å². The van der Waals surface area contributed by atoms with E-state index >= 15 is 0 Å². The Morgan fingerprint density at radius 1 is 1.00 bits per heavy atom. The zero-order chi connectivity index (χ0) is 25.8. The zero-order valence-electron chi connectivity index (χ0n) is 19.9. The van der Waals surface area contributed by atoms with Gasteiger partial charge in [-0.05, 0) is 37.1 Å². The maximum Gasteiger partial charge on any atom is 0.472 e. The van der Waals surface area contributed by atoms with Crippen LogP contribution in [0.3, 0.4) is 0 Å². The van der Waals surface area contributed by atoms with Gasteiger partial charge in [0.1, 0.15) is 18.4 Å². The van der Waals surface area contributed by atoms with Crippen LogP contribution in [0.2, 0.25) is 0 Å². The van der Waals surface area contributed by atoms with Crippen LogP contribution in [0.25, 0.3) is 0 Å². The minimum absolute atomic E-state index is 0.0228. The van der Waals surface area contributed by atoms with Gasteiger partial charge < -0.3 is 19.2 Å². The van der Waals surface area contributed by atoms with Crippen molar-refractivity contribution in [3.63, 3.8) is 0 Å². The lowest BCUT2D eigenvalue weighted by molar-refractivity contribution is -0.873. The molecule has 0 aliphatic heterocycles. The molecule has 0 heterocycles. The van der Waals surface area contributed by atoms with E-state index in [4.69, 9.17) is 18.9 Å². The van der Waals surface area contributed by atoms with Crippen molar-refractivity contribution < 1.29 is 50.8 Å². The second-order valence-corrected chi connectivity index (χ2v) is 10.5. The first kappa shape index (κ1) is 30.4. The van der Waals surface area contributed by atoms with Gasteiger partial charge >= 0.3 is 20.0 Å². The van der Waals surface area contributed by atoms with E-state index in [1.807, 2.05) is 21.1 Å². The van der Waals surface area contributed by atoms with Crippen LogP contribution in [0.4, 0.5) is 13.2 Å². The quantitative estimate of drug-likeness (QED) is 0.169. The molecule has 0 saturated carbocycles. The molecule has 0 radical (unpaired) electrons. The number of hydrogen-bond donors (Lipinski definition) is 2. The highest BCUT2D eigenvalue weighted by atomic mass is 31.2. The molecule has 12 heteroatoms. The van der Waals surface area contributed by atoms with Crippen LogP contribution in [0, 0.1) is 0 Å². The summed E-state index contributed by atoms with van der Waals surface area (Å²) in [6.07, 6.45) is -0.952. The zero-order valence-corrected chi connectivity index (χ0v) is 20.8. The predicted molar refractivity (Wildman–Crippen MR) is 120 cm³/mol. The van der Waals surface area contributed by atoms with E-state index in [2.05, 4.69) is 0 Å². The Labute approximate surface area is 198 Å². The number of unbranched alkanes of at least 4 members (excludes halogenated alkanes) is 5. The third-order valence-electron chi connectivity index (χ3n) is 4.68. The number of carbonyl (C=O) groups is 1. The molecule has 0 aromatic heterocycles. The molecular weight excluding hydrogens is 478 g/mol. The van der Waals surface area contributed by atoms with Crippen LogP contribution in [-0.4, -0.2) is 67.5 Å². The molecule has 0 fully saturated rings. The Bertz CT molecular complexity index is 782. The maximum atomic E-state index is 12.5. The van der Waals surface area contributed by atoms with Crippen molar-refractivity contribution in [2.75, 3.05) is 40.9 Å². The number of phosphoric acid groups is 1. The minimum Gasteiger partial charge on any atom is -0.494 e. The molecule has 0 bridgehead atoms. The van der Waals surface area contributed by atoms with E-state index in [0.717, 1.165) is 44.2 Å². The van der Waals surface area contributed by atoms with Crippen molar-refractivity contribution >= 4 is 13.8 Å². The van der Waals surface area contributed by atoms with Crippen molar-refractivity contribution in [1.29, 1.82) is 0 Å². The Hall–Kier alpha value is -1.65. The summed E-state index contributed by atoms with van der Waals surface area (Å²) in [5.74, 6) is -0.726. The molecule has 1 unspecified atom stereocenters. The van der Waals surface area contributed by atoms with E-state index < -0.39 is 38.1 Å². The lowest BCUT2D eigenvalue weighted by atomic mass is 10.1. The van der Waals surface area contributed by atoms with Gasteiger partial charge in [-0.1, -0.05) is 25.7 Å². The van der Waals surface area contributed by atoms with Gasteiger partial charge in [-0.2, -0.15) is 13.2 Å². The third kappa shape index (κ3) is 14.6. The molecule has 0 aliphatic carbocycles. The van der Waals surface area contributed by atoms with Gasteiger partial charge in [-0.25, -0.2) is 4.57 Å². The van der Waals surface area contributed by atoms with Crippen LogP contribution >= 0.6 is 7.82 Å². The van der Waals surface area contributed by atoms with Gasteiger partial charge in [0, 0.05) is 0 Å². The number of nitrogens with zero attached hydrogens (tertiary/aromatic N) is 1. The number of carboxylic acid groups (broad SMARTS) is 1. The number of ether oxygens (including phenoxy) is 1. The summed E-state index contributed by atoms with van der Waals surface area (Å²) < 4.78 is 65.6. The molecule has 0 amide bonds. The number of phosphoric ester groups is 1. The SMILES string of the molecule is C[N+](C)(C)C[C@@H](CC(=O)O)OP(=O)(O)OCCCCCCCCOc1ccc(C(F)(F)F)cc1. The summed E-state index contributed by atoms with van der Waals surface area (Å²) in [4.78, 5) is 20.9. The van der Waals surface area contributed by atoms with Gasteiger partial charge in [0.25, 0.3) is 0 Å². The Morgan fingerprint density at radius 2 is 1.53 bits per heavy atom. The number of hydrogen-bond acceptors (Lipinski definition) is 5. The largest absolute Gasteiger partial charge is 0.494 e. The summed E-state index contributed by atoms with van der Waals surface area (Å²) in [6, 6.07) is 4.59. The Kier molecular flexibility index (Phi) is 12.5. The molecule has 1 aromatic carbocycles. The summed E-state index contributed by atoms with van der Waals surface area (Å²) in [5, 5.41) is 8.98. The smallest absolute Gasteiger partial charge is 0.472 e. The standard InChI is InChI=1S/C22H35F3NO7P/c1-26(2,3)17-20(16-21(27)28)33-34(29,30)32-15-9-7-5-4-6-8-14-31-19-12-10-18(11-13-19)22(23,24)25/h10-13,20H,4-9,14-17H2,1-3H3,(H-,27,28,29,30)/p+1/t20-/m1/s1. The van der Waals surface area contributed by atoms with Crippen molar-refractivity contribution in [3.8, 4) is 5.75 Å². The molecular formula is C22H36F3NO7P+. The number of benzene rings is 1. The van der Waals surface area contributed by atoms with E-state index in [0.29, 0.717) is 23.3 Å². The number of rotatable bonds is 17. The molecule has 1 aromatic rings.